The number of tetrazole rings is 2. The summed E-state index contributed by atoms with van der Waals surface area (Å²) < 4.78 is 7.53. The highest BCUT2D eigenvalue weighted by Crippen LogP contribution is 2.14. The van der Waals surface area contributed by atoms with Gasteiger partial charge in [0.2, 0.25) is 0 Å². The summed E-state index contributed by atoms with van der Waals surface area (Å²) in [5, 5.41) is 43.7. The molecule has 0 bridgehead atoms. The normalized spacial score (nSPS) is 10.7. The predicted octanol–water partition coefficient (Wildman–Crippen LogP) is 7.68. The molecule has 0 spiro atoms. The standard InChI is InChI=1S/C10H9N.C9H9N.2C8H8N2.C6H7N.C4H5N3.C3H5N3O.2C2H4N4/c1-8-6-9-4-2-3-5-10(9)11-7-8;1-10-7-6-8-4-2-3-5-9(8)10;1-10-6-9-7-4-2-3-5-8(7)10;1-10-8-5-3-2-4-7(8)6-9-10;1-6-2-4-7-5-3-6;1-4-2-6-7-3-5-4;1-6-3(7)2-4-5-6;1-6-2-3-4-5-6;1-6-4-2-3-5-6/h2-7H,1H3;2-7H,1H3;2*2-6H,1H3;2-5H,1H3;2-3H,1H3;2H2,1H3;2*2H,1H3. The van der Waals surface area contributed by atoms with Crippen molar-refractivity contribution in [3.8, 4) is 0 Å². The lowest BCUT2D eigenvalue weighted by Crippen LogP contribution is -2.16. The Hall–Kier alpha value is -9.86. The van der Waals surface area contributed by atoms with Crippen molar-refractivity contribution in [1.82, 2.24) is 94.5 Å². The monoisotopic (exact) mass is 994 g/mol. The Labute approximate surface area is 428 Å². The van der Waals surface area contributed by atoms with Crippen molar-refractivity contribution >= 4 is 49.6 Å². The minimum atomic E-state index is -0.0417. The SMILES string of the molecule is CN1N=NCC1=O.Cc1ccncc1.Cc1cnc2ccccc2c1.Cc1cnncn1.Cn1ccc2ccccc21.Cn1cnc2ccccc21.Cn1cnnn1.Cn1ncc2ccccc21.Cn1ncnn1. The molecular formula is C52H59N21O. The fourth-order valence-electron chi connectivity index (χ4n) is 6.08. The molecule has 13 rings (SSSR count). The maximum atomic E-state index is 10.3. The third-order valence-electron chi connectivity index (χ3n) is 9.95. The first-order chi connectivity index (χ1) is 35.9. The Morgan fingerprint density at radius 1 is 0.514 bits per heavy atom. The molecule has 8 aromatic heterocycles. The van der Waals surface area contributed by atoms with Crippen LogP contribution in [0.4, 0.5) is 0 Å². The number of benzene rings is 4. The van der Waals surface area contributed by atoms with E-state index in [0.717, 1.165) is 16.7 Å². The quantitative estimate of drug-likeness (QED) is 0.142. The fraction of sp³-hybridized carbons (Fsp3) is 0.192. The van der Waals surface area contributed by atoms with Crippen LogP contribution < -0.4 is 0 Å². The Morgan fingerprint density at radius 2 is 1.19 bits per heavy atom. The lowest BCUT2D eigenvalue weighted by atomic mass is 10.2. The van der Waals surface area contributed by atoms with Crippen molar-refractivity contribution in [3.63, 3.8) is 0 Å². The van der Waals surface area contributed by atoms with Gasteiger partial charge < -0.3 is 9.13 Å². The van der Waals surface area contributed by atoms with Crippen molar-refractivity contribution in [2.45, 2.75) is 20.8 Å². The molecule has 0 aliphatic carbocycles. The number of hydrogen-bond donors (Lipinski definition) is 0. The van der Waals surface area contributed by atoms with Gasteiger partial charge in [-0.15, -0.1) is 20.4 Å². The van der Waals surface area contributed by atoms with Crippen LogP contribution in [-0.4, -0.2) is 114 Å². The molecule has 22 nitrogen and oxygen atoms in total. The number of nitrogens with zero attached hydrogens (tertiary/aromatic N) is 21. The van der Waals surface area contributed by atoms with E-state index in [1.807, 2.05) is 117 Å². The van der Waals surface area contributed by atoms with Crippen LogP contribution in [0.15, 0.2) is 194 Å². The maximum absolute atomic E-state index is 10.3. The molecule has 0 atom stereocenters. The first kappa shape index (κ1) is 55.1. The molecule has 9 heterocycles. The first-order valence-electron chi connectivity index (χ1n) is 22.9. The van der Waals surface area contributed by atoms with Gasteiger partial charge in [0.1, 0.15) is 19.2 Å². The highest BCUT2D eigenvalue weighted by Gasteiger charge is 2.11. The van der Waals surface area contributed by atoms with Crippen LogP contribution >= 0.6 is 0 Å². The van der Waals surface area contributed by atoms with Gasteiger partial charge in [-0.25, -0.2) is 19.7 Å². The Kier molecular flexibility index (Phi) is 22.3. The Balaban J connectivity index is 0.000000155. The Morgan fingerprint density at radius 3 is 1.68 bits per heavy atom. The second kappa shape index (κ2) is 30.0. The number of carbonyl (C=O) groups excluding carboxylic acids is 1. The van der Waals surface area contributed by atoms with Gasteiger partial charge in [0.15, 0.2) is 6.33 Å². The lowest BCUT2D eigenvalue weighted by molar-refractivity contribution is -0.126. The number of para-hydroxylation sites is 5. The summed E-state index contributed by atoms with van der Waals surface area (Å²) in [7, 11) is 11.1. The molecule has 4 aromatic carbocycles. The summed E-state index contributed by atoms with van der Waals surface area (Å²) in [6.07, 6.45) is 17.2. The van der Waals surface area contributed by atoms with Crippen LogP contribution in [-0.2, 0) is 40.0 Å². The molecule has 0 radical (unpaired) electrons. The molecule has 0 unspecified atom stereocenters. The van der Waals surface area contributed by atoms with Crippen LogP contribution in [0.3, 0.4) is 0 Å². The molecule has 1 amide bonds. The largest absolute Gasteiger partial charge is 0.351 e. The van der Waals surface area contributed by atoms with E-state index < -0.39 is 0 Å². The van der Waals surface area contributed by atoms with Gasteiger partial charge >= 0.3 is 0 Å². The molecule has 378 valence electrons. The fourth-order valence-corrected chi connectivity index (χ4v) is 6.08. The van der Waals surface area contributed by atoms with Crippen molar-refractivity contribution < 1.29 is 4.79 Å². The average Bonchev–Trinajstić information content (AvgIpc) is 4.33. The number of rotatable bonds is 0. The number of pyridine rings is 2. The van der Waals surface area contributed by atoms with Crippen LogP contribution in [0.1, 0.15) is 16.8 Å². The number of fused-ring (bicyclic) bond motifs is 4. The number of imidazole rings is 1. The van der Waals surface area contributed by atoms with E-state index in [0.29, 0.717) is 0 Å². The van der Waals surface area contributed by atoms with E-state index in [2.05, 4.69) is 162 Å². The van der Waals surface area contributed by atoms with Gasteiger partial charge in [-0.05, 0) is 108 Å². The molecule has 0 fully saturated rings. The van der Waals surface area contributed by atoms with E-state index in [-0.39, 0.29) is 12.5 Å². The molecular weight excluding hydrogens is 935 g/mol. The molecule has 0 saturated carbocycles. The molecule has 1 aliphatic rings. The molecule has 0 N–H and O–H groups in total. The summed E-state index contributed by atoms with van der Waals surface area (Å²) in [4.78, 5) is 27.8. The van der Waals surface area contributed by atoms with Crippen molar-refractivity contribution in [2.75, 3.05) is 13.6 Å². The minimum absolute atomic E-state index is 0.0417. The summed E-state index contributed by atoms with van der Waals surface area (Å²) in [6.45, 7) is 6.19. The van der Waals surface area contributed by atoms with Crippen molar-refractivity contribution in [3.05, 3.63) is 201 Å². The molecule has 22 heteroatoms. The van der Waals surface area contributed by atoms with E-state index >= 15 is 0 Å². The second-order valence-electron chi connectivity index (χ2n) is 15.8. The third kappa shape index (κ3) is 19.1. The van der Waals surface area contributed by atoms with Crippen LogP contribution in [0, 0.1) is 20.8 Å². The summed E-state index contributed by atoms with van der Waals surface area (Å²) in [5.41, 5.74) is 9.16. The van der Waals surface area contributed by atoms with E-state index in [4.69, 9.17) is 0 Å². The summed E-state index contributed by atoms with van der Waals surface area (Å²) >= 11 is 0. The van der Waals surface area contributed by atoms with E-state index in [1.54, 1.807) is 39.7 Å². The molecule has 12 aromatic rings. The zero-order valence-electron chi connectivity index (χ0n) is 42.8. The molecule has 74 heavy (non-hydrogen) atoms. The van der Waals surface area contributed by atoms with Crippen LogP contribution in [0.2, 0.25) is 0 Å². The summed E-state index contributed by atoms with van der Waals surface area (Å²) in [6, 6.07) is 40.9. The molecule has 1 aliphatic heterocycles. The van der Waals surface area contributed by atoms with E-state index in [9.17, 15) is 4.79 Å². The van der Waals surface area contributed by atoms with Gasteiger partial charge in [-0.3, -0.25) is 19.4 Å². The van der Waals surface area contributed by atoms with Crippen molar-refractivity contribution in [2.24, 2.45) is 45.6 Å². The topological polar surface area (TPSA) is 237 Å². The van der Waals surface area contributed by atoms with Gasteiger partial charge in [0.05, 0.1) is 53.5 Å². The number of aromatic nitrogens is 18. The lowest BCUT2D eigenvalue weighted by Gasteiger charge is -1.95. The van der Waals surface area contributed by atoms with Gasteiger partial charge in [-0.1, -0.05) is 72.0 Å². The van der Waals surface area contributed by atoms with Crippen molar-refractivity contribution in [1.29, 1.82) is 0 Å². The number of carbonyl (C=O) groups is 1. The highest BCUT2D eigenvalue weighted by atomic mass is 16.2. The van der Waals surface area contributed by atoms with Crippen LogP contribution in [0.5, 0.6) is 0 Å². The number of amides is 1. The predicted molar refractivity (Wildman–Crippen MR) is 284 cm³/mol. The number of likely N-dealkylation sites (N-methyl/N-ethyl adjacent to an activating group) is 1. The zero-order chi connectivity index (χ0) is 52.9. The first-order valence-corrected chi connectivity index (χ1v) is 22.9. The maximum Gasteiger partial charge on any atom is 0.267 e. The van der Waals surface area contributed by atoms with Gasteiger partial charge in [0, 0.05) is 76.3 Å². The summed E-state index contributed by atoms with van der Waals surface area (Å²) in [5.74, 6) is -0.0417. The second-order valence-corrected chi connectivity index (χ2v) is 15.8. The average molecular weight is 994 g/mol. The highest BCUT2D eigenvalue weighted by molar-refractivity contribution is 5.80. The zero-order valence-corrected chi connectivity index (χ0v) is 42.8. The van der Waals surface area contributed by atoms with E-state index in [1.165, 1.54) is 77.3 Å². The van der Waals surface area contributed by atoms with Crippen LogP contribution in [0.25, 0.3) is 43.7 Å². The minimum Gasteiger partial charge on any atom is -0.351 e. The third-order valence-corrected chi connectivity index (χ3v) is 9.95. The van der Waals surface area contributed by atoms with Gasteiger partial charge in [-0.2, -0.15) is 20.1 Å². The Bertz CT molecular complexity index is 3220. The number of hydrogen-bond acceptors (Lipinski definition) is 16. The number of aryl methyl sites for hydroxylation is 8. The smallest absolute Gasteiger partial charge is 0.267 e. The molecule has 0 saturated heterocycles. The van der Waals surface area contributed by atoms with Gasteiger partial charge in [0.25, 0.3) is 5.91 Å².